The summed E-state index contributed by atoms with van der Waals surface area (Å²) in [5, 5.41) is 0.814. The topological polar surface area (TPSA) is 55.8 Å². The van der Waals surface area contributed by atoms with Gasteiger partial charge in [0.1, 0.15) is 12.4 Å². The Labute approximate surface area is 121 Å². The Morgan fingerprint density at radius 1 is 0.905 bits per heavy atom. The summed E-state index contributed by atoms with van der Waals surface area (Å²) in [5.41, 5.74) is 1.59. The molecule has 0 aliphatic carbocycles. The lowest BCUT2D eigenvalue weighted by molar-refractivity contribution is -0.101. The van der Waals surface area contributed by atoms with Crippen LogP contribution in [0.2, 0.25) is 0 Å². The molecule has 0 N–H and O–H groups in total. The van der Waals surface area contributed by atoms with Crippen LogP contribution < -0.4 is 4.74 Å². The quantitative estimate of drug-likeness (QED) is 0.809. The molecular formula is C16H13NO4. The molecule has 0 saturated carbocycles. The maximum atomic E-state index is 12.1. The molecule has 0 fully saturated rings. The van der Waals surface area contributed by atoms with Crippen molar-refractivity contribution < 1.29 is 19.2 Å². The van der Waals surface area contributed by atoms with Crippen LogP contribution >= 0.6 is 0 Å². The van der Waals surface area contributed by atoms with Crippen LogP contribution in [0.5, 0.6) is 5.75 Å². The number of hydrogen-bond donors (Lipinski definition) is 0. The highest BCUT2D eigenvalue weighted by Gasteiger charge is 2.36. The number of carbonyl (C=O) groups is 2. The molecule has 0 radical (unpaired) electrons. The normalized spacial score (nSPS) is 13.5. The minimum Gasteiger partial charge on any atom is -0.497 e. The summed E-state index contributed by atoms with van der Waals surface area (Å²) in [7, 11) is 1.59. The molecule has 0 unspecified atom stereocenters. The molecule has 0 saturated heterocycles. The lowest BCUT2D eigenvalue weighted by Gasteiger charge is -2.13. The van der Waals surface area contributed by atoms with Crippen LogP contribution in [0.3, 0.4) is 0 Å². The molecular weight excluding hydrogens is 270 g/mol. The summed E-state index contributed by atoms with van der Waals surface area (Å²) in [6.07, 6.45) is 0. The Bertz CT molecular complexity index is 659. The zero-order valence-electron chi connectivity index (χ0n) is 11.4. The molecule has 1 aliphatic rings. The second kappa shape index (κ2) is 5.38. The molecule has 5 heteroatoms. The van der Waals surface area contributed by atoms with Crippen molar-refractivity contribution in [3.8, 4) is 5.75 Å². The smallest absolute Gasteiger partial charge is 0.285 e. The van der Waals surface area contributed by atoms with Gasteiger partial charge in [0, 0.05) is 0 Å². The number of hydroxylamine groups is 2. The fraction of sp³-hybridized carbons (Fsp3) is 0.125. The average molecular weight is 283 g/mol. The van der Waals surface area contributed by atoms with Gasteiger partial charge in [-0.3, -0.25) is 14.4 Å². The average Bonchev–Trinajstić information content (AvgIpc) is 2.78. The van der Waals surface area contributed by atoms with Gasteiger partial charge in [-0.1, -0.05) is 24.3 Å². The van der Waals surface area contributed by atoms with Crippen molar-refractivity contribution in [3.05, 3.63) is 65.2 Å². The van der Waals surface area contributed by atoms with Gasteiger partial charge in [0.05, 0.1) is 18.2 Å². The minimum atomic E-state index is -0.427. The summed E-state index contributed by atoms with van der Waals surface area (Å²) in [5.74, 6) is -0.118. The van der Waals surface area contributed by atoms with Crippen LogP contribution in [0.1, 0.15) is 26.3 Å². The zero-order valence-corrected chi connectivity index (χ0v) is 11.4. The van der Waals surface area contributed by atoms with Crippen molar-refractivity contribution in [1.29, 1.82) is 0 Å². The minimum absolute atomic E-state index is 0.134. The number of rotatable bonds is 4. The van der Waals surface area contributed by atoms with E-state index in [1.807, 2.05) is 12.1 Å². The molecule has 1 aliphatic heterocycles. The molecule has 106 valence electrons. The first-order valence-electron chi connectivity index (χ1n) is 6.44. The first-order chi connectivity index (χ1) is 10.2. The molecule has 3 rings (SSSR count). The fourth-order valence-corrected chi connectivity index (χ4v) is 2.15. The van der Waals surface area contributed by atoms with Gasteiger partial charge >= 0.3 is 0 Å². The van der Waals surface area contributed by atoms with E-state index < -0.39 is 11.8 Å². The molecule has 5 nitrogen and oxygen atoms in total. The van der Waals surface area contributed by atoms with E-state index in [9.17, 15) is 9.59 Å². The standard InChI is InChI=1S/C16H13NO4/c1-20-12-8-6-11(7-9-12)10-21-17-15(18)13-4-2-3-5-14(13)16(17)19/h2-9H,10H2,1H3. The molecule has 0 aromatic heterocycles. The number of hydrogen-bond acceptors (Lipinski definition) is 4. The molecule has 21 heavy (non-hydrogen) atoms. The maximum Gasteiger partial charge on any atom is 0.285 e. The van der Waals surface area contributed by atoms with Crippen LogP contribution in [0.4, 0.5) is 0 Å². The van der Waals surface area contributed by atoms with Crippen molar-refractivity contribution >= 4 is 11.8 Å². The van der Waals surface area contributed by atoms with E-state index in [2.05, 4.69) is 0 Å². The van der Waals surface area contributed by atoms with Gasteiger partial charge in [-0.25, -0.2) is 0 Å². The Morgan fingerprint density at radius 2 is 1.48 bits per heavy atom. The predicted octanol–water partition coefficient (Wildman–Crippen LogP) is 2.42. The number of amides is 2. The van der Waals surface area contributed by atoms with Gasteiger partial charge in [-0.15, -0.1) is 5.06 Å². The van der Waals surface area contributed by atoms with Gasteiger partial charge in [0.25, 0.3) is 11.8 Å². The largest absolute Gasteiger partial charge is 0.497 e. The molecule has 0 spiro atoms. The Balaban J connectivity index is 1.72. The van der Waals surface area contributed by atoms with Gasteiger partial charge in [0.2, 0.25) is 0 Å². The van der Waals surface area contributed by atoms with Crippen molar-refractivity contribution in [1.82, 2.24) is 5.06 Å². The summed E-state index contributed by atoms with van der Waals surface area (Å²) in [4.78, 5) is 29.5. The number of methoxy groups -OCH3 is 1. The van der Waals surface area contributed by atoms with Gasteiger partial charge < -0.3 is 4.74 Å². The highest BCUT2D eigenvalue weighted by molar-refractivity contribution is 6.20. The second-order valence-corrected chi connectivity index (χ2v) is 4.57. The highest BCUT2D eigenvalue weighted by atomic mass is 16.7. The van der Waals surface area contributed by atoms with Crippen molar-refractivity contribution in [2.75, 3.05) is 7.11 Å². The maximum absolute atomic E-state index is 12.1. The lowest BCUT2D eigenvalue weighted by Crippen LogP contribution is -2.29. The van der Waals surface area contributed by atoms with Crippen LogP contribution in [-0.4, -0.2) is 24.0 Å². The van der Waals surface area contributed by atoms with E-state index in [1.165, 1.54) is 0 Å². The van der Waals surface area contributed by atoms with E-state index in [-0.39, 0.29) is 6.61 Å². The fourth-order valence-electron chi connectivity index (χ4n) is 2.15. The summed E-state index contributed by atoms with van der Waals surface area (Å²) >= 11 is 0. The van der Waals surface area contributed by atoms with Crippen molar-refractivity contribution in [2.45, 2.75) is 6.61 Å². The molecule has 2 aromatic rings. The SMILES string of the molecule is COc1ccc(CON2C(=O)c3ccccc3C2=O)cc1. The molecule has 1 heterocycles. The van der Waals surface area contributed by atoms with E-state index >= 15 is 0 Å². The molecule has 0 bridgehead atoms. The number of imide groups is 1. The van der Waals surface area contributed by atoms with E-state index in [0.717, 1.165) is 16.4 Å². The zero-order chi connectivity index (χ0) is 14.8. The number of fused-ring (bicyclic) bond motifs is 1. The van der Waals surface area contributed by atoms with Gasteiger partial charge in [0.15, 0.2) is 0 Å². The summed E-state index contributed by atoms with van der Waals surface area (Å²) in [6.45, 7) is 0.134. The second-order valence-electron chi connectivity index (χ2n) is 4.57. The number of benzene rings is 2. The van der Waals surface area contributed by atoms with Gasteiger partial charge in [-0.05, 0) is 29.8 Å². The van der Waals surface area contributed by atoms with Crippen LogP contribution in [0, 0.1) is 0 Å². The van der Waals surface area contributed by atoms with E-state index in [1.54, 1.807) is 43.5 Å². The predicted molar refractivity (Wildman–Crippen MR) is 74.7 cm³/mol. The third-order valence-electron chi connectivity index (χ3n) is 3.28. The number of ether oxygens (including phenoxy) is 1. The Hall–Kier alpha value is -2.66. The first kappa shape index (κ1) is 13.3. The first-order valence-corrected chi connectivity index (χ1v) is 6.44. The Kier molecular flexibility index (Phi) is 3.41. The van der Waals surface area contributed by atoms with Gasteiger partial charge in [-0.2, -0.15) is 0 Å². The van der Waals surface area contributed by atoms with Crippen molar-refractivity contribution in [2.24, 2.45) is 0 Å². The lowest BCUT2D eigenvalue weighted by atomic mass is 10.1. The monoisotopic (exact) mass is 283 g/mol. The van der Waals surface area contributed by atoms with E-state index in [4.69, 9.17) is 9.57 Å². The highest BCUT2D eigenvalue weighted by Crippen LogP contribution is 2.23. The third kappa shape index (κ3) is 2.39. The van der Waals surface area contributed by atoms with Crippen LogP contribution in [0.25, 0.3) is 0 Å². The molecule has 2 aromatic carbocycles. The van der Waals surface area contributed by atoms with Crippen LogP contribution in [-0.2, 0) is 11.4 Å². The van der Waals surface area contributed by atoms with Crippen molar-refractivity contribution in [3.63, 3.8) is 0 Å². The summed E-state index contributed by atoms with van der Waals surface area (Å²) in [6, 6.07) is 13.9. The summed E-state index contributed by atoms with van der Waals surface area (Å²) < 4.78 is 5.06. The van der Waals surface area contributed by atoms with Crippen LogP contribution in [0.15, 0.2) is 48.5 Å². The number of carbonyl (C=O) groups excluding carboxylic acids is 2. The number of nitrogens with zero attached hydrogens (tertiary/aromatic N) is 1. The molecule has 0 atom stereocenters. The Morgan fingerprint density at radius 3 is 2.00 bits per heavy atom. The van der Waals surface area contributed by atoms with E-state index in [0.29, 0.717) is 11.1 Å². The third-order valence-corrected chi connectivity index (χ3v) is 3.28. The molecule has 2 amide bonds.